The fourth-order valence-electron chi connectivity index (χ4n) is 3.60. The van der Waals surface area contributed by atoms with Gasteiger partial charge < -0.3 is 15.2 Å². The van der Waals surface area contributed by atoms with Gasteiger partial charge in [-0.2, -0.15) is 0 Å². The Morgan fingerprint density at radius 3 is 3.00 bits per heavy atom. The molecule has 0 radical (unpaired) electrons. The summed E-state index contributed by atoms with van der Waals surface area (Å²) in [5, 5.41) is 4.64. The molecule has 132 valence electrons. The van der Waals surface area contributed by atoms with Crippen molar-refractivity contribution in [2.24, 2.45) is 0 Å². The molecule has 0 bridgehead atoms. The number of H-pyrrole nitrogens is 1. The van der Waals surface area contributed by atoms with Crippen LogP contribution in [0.2, 0.25) is 0 Å². The maximum absolute atomic E-state index is 11.9. The van der Waals surface area contributed by atoms with Gasteiger partial charge in [0.05, 0.1) is 11.9 Å². The lowest BCUT2D eigenvalue weighted by Gasteiger charge is -2.33. The molecule has 4 rings (SSSR count). The van der Waals surface area contributed by atoms with Crippen molar-refractivity contribution in [3.63, 3.8) is 0 Å². The van der Waals surface area contributed by atoms with Crippen LogP contribution in [0.25, 0.3) is 22.2 Å². The first kappa shape index (κ1) is 16.4. The van der Waals surface area contributed by atoms with Crippen LogP contribution >= 0.6 is 0 Å². The van der Waals surface area contributed by atoms with Crippen LogP contribution in [-0.4, -0.2) is 39.9 Å². The van der Waals surface area contributed by atoms with E-state index in [0.717, 1.165) is 47.2 Å². The molecule has 26 heavy (non-hydrogen) atoms. The molecule has 1 amide bonds. The lowest BCUT2D eigenvalue weighted by molar-refractivity contribution is -0.127. The molecule has 2 N–H and O–H groups in total. The van der Waals surface area contributed by atoms with Gasteiger partial charge in [-0.3, -0.25) is 4.79 Å². The number of rotatable bonds is 4. The van der Waals surface area contributed by atoms with Crippen molar-refractivity contribution < 1.29 is 4.79 Å². The van der Waals surface area contributed by atoms with E-state index in [1.54, 1.807) is 0 Å². The van der Waals surface area contributed by atoms with E-state index in [0.29, 0.717) is 6.54 Å². The number of hydrogen-bond acceptors (Lipinski definition) is 3. The van der Waals surface area contributed by atoms with Gasteiger partial charge in [-0.1, -0.05) is 36.9 Å². The van der Waals surface area contributed by atoms with Crippen molar-refractivity contribution in [1.29, 1.82) is 0 Å². The average molecular weight is 346 g/mol. The number of aromatic amines is 1. The fraction of sp³-hybridized carbons (Fsp3) is 0.238. The molecule has 1 unspecified atom stereocenters. The van der Waals surface area contributed by atoms with Crippen molar-refractivity contribution in [1.82, 2.24) is 14.9 Å². The Morgan fingerprint density at radius 2 is 2.19 bits per heavy atom. The van der Waals surface area contributed by atoms with Crippen LogP contribution in [0.4, 0.5) is 5.69 Å². The Hall–Kier alpha value is -3.08. The first-order chi connectivity index (χ1) is 12.7. The van der Waals surface area contributed by atoms with Crippen LogP contribution in [0.5, 0.6) is 0 Å². The molecule has 1 fully saturated rings. The van der Waals surface area contributed by atoms with E-state index in [1.807, 2.05) is 35.5 Å². The van der Waals surface area contributed by atoms with Crippen LogP contribution in [0, 0.1) is 0 Å². The molecular weight excluding hydrogens is 324 g/mol. The Morgan fingerprint density at radius 1 is 1.35 bits per heavy atom. The molecule has 1 aromatic carbocycles. The van der Waals surface area contributed by atoms with Crippen LogP contribution in [-0.2, 0) is 4.79 Å². The molecule has 0 spiro atoms. The molecule has 0 aliphatic carbocycles. The van der Waals surface area contributed by atoms with E-state index < -0.39 is 0 Å². The number of nitrogens with one attached hydrogen (secondary N) is 2. The summed E-state index contributed by atoms with van der Waals surface area (Å²) in [6.45, 7) is 5.08. The van der Waals surface area contributed by atoms with Crippen LogP contribution < -0.4 is 5.32 Å². The van der Waals surface area contributed by atoms with E-state index in [-0.39, 0.29) is 11.9 Å². The summed E-state index contributed by atoms with van der Waals surface area (Å²) in [5.74, 6) is 0.00192. The van der Waals surface area contributed by atoms with Gasteiger partial charge in [-0.25, -0.2) is 4.98 Å². The molecule has 1 aliphatic heterocycles. The third-order valence-electron chi connectivity index (χ3n) is 4.89. The highest BCUT2D eigenvalue weighted by molar-refractivity contribution is 5.95. The van der Waals surface area contributed by atoms with E-state index in [4.69, 9.17) is 0 Å². The number of fused-ring (bicyclic) bond motifs is 1. The standard InChI is InChI=1S/C21H22N4O/c1-2-20(26)25-10-6-9-16(14-25)24-17-11-18-19(13-23-21(18)22-12-17)15-7-4-3-5-8-15/h2-5,7-8,11-13,16,24H,1,6,9-10,14H2,(H,22,23). The minimum Gasteiger partial charge on any atom is -0.379 e. The third-order valence-corrected chi connectivity index (χ3v) is 4.89. The summed E-state index contributed by atoms with van der Waals surface area (Å²) in [4.78, 5) is 21.5. The molecule has 0 saturated carbocycles. The SMILES string of the molecule is C=CC(=O)N1CCCC(Nc2cnc3[nH]cc(-c4ccccc4)c3c2)C1. The minimum absolute atomic E-state index is 0.00192. The topological polar surface area (TPSA) is 61.0 Å². The molecule has 5 heteroatoms. The number of hydrogen-bond donors (Lipinski definition) is 2. The van der Waals surface area contributed by atoms with Gasteiger partial charge in [-0.05, 0) is 30.5 Å². The van der Waals surface area contributed by atoms with Gasteiger partial charge >= 0.3 is 0 Å². The van der Waals surface area contributed by atoms with Crippen molar-refractivity contribution >= 4 is 22.6 Å². The summed E-state index contributed by atoms with van der Waals surface area (Å²) in [6, 6.07) is 12.7. The van der Waals surface area contributed by atoms with Crippen LogP contribution in [0.3, 0.4) is 0 Å². The van der Waals surface area contributed by atoms with E-state index in [1.165, 1.54) is 6.08 Å². The number of benzene rings is 1. The van der Waals surface area contributed by atoms with E-state index >= 15 is 0 Å². The lowest BCUT2D eigenvalue weighted by Crippen LogP contribution is -2.44. The van der Waals surface area contributed by atoms with Gasteiger partial charge in [-0.15, -0.1) is 0 Å². The largest absolute Gasteiger partial charge is 0.379 e. The maximum Gasteiger partial charge on any atom is 0.246 e. The zero-order valence-corrected chi connectivity index (χ0v) is 14.6. The molecule has 2 aromatic heterocycles. The van der Waals surface area contributed by atoms with E-state index in [9.17, 15) is 4.79 Å². The number of carbonyl (C=O) groups is 1. The van der Waals surface area contributed by atoms with Crippen molar-refractivity contribution in [3.05, 3.63) is 61.4 Å². The van der Waals surface area contributed by atoms with Crippen LogP contribution in [0.15, 0.2) is 61.4 Å². The monoisotopic (exact) mass is 346 g/mol. The Bertz CT molecular complexity index is 932. The van der Waals surface area contributed by atoms with Crippen LogP contribution in [0.1, 0.15) is 12.8 Å². The summed E-state index contributed by atoms with van der Waals surface area (Å²) >= 11 is 0. The van der Waals surface area contributed by atoms with Crippen molar-refractivity contribution in [2.75, 3.05) is 18.4 Å². The van der Waals surface area contributed by atoms with Crippen molar-refractivity contribution in [2.45, 2.75) is 18.9 Å². The lowest BCUT2D eigenvalue weighted by atomic mass is 10.0. The number of anilines is 1. The summed E-state index contributed by atoms with van der Waals surface area (Å²) < 4.78 is 0. The van der Waals surface area contributed by atoms with Gasteiger partial charge in [0.1, 0.15) is 5.65 Å². The summed E-state index contributed by atoms with van der Waals surface area (Å²) in [7, 11) is 0. The van der Waals surface area contributed by atoms with Gasteiger partial charge in [0.2, 0.25) is 5.91 Å². The van der Waals surface area contributed by atoms with Gasteiger partial charge in [0.25, 0.3) is 0 Å². The number of aromatic nitrogens is 2. The second-order valence-corrected chi connectivity index (χ2v) is 6.66. The first-order valence-corrected chi connectivity index (χ1v) is 8.95. The number of likely N-dealkylation sites (tertiary alicyclic amines) is 1. The van der Waals surface area contributed by atoms with Crippen molar-refractivity contribution in [3.8, 4) is 11.1 Å². The molecule has 3 heterocycles. The Balaban J connectivity index is 1.58. The Labute approximate surface area is 152 Å². The second kappa shape index (κ2) is 7.04. The quantitative estimate of drug-likeness (QED) is 0.706. The third kappa shape index (κ3) is 3.20. The molecule has 1 saturated heterocycles. The predicted octanol–water partition coefficient (Wildman–Crippen LogP) is 3.82. The van der Waals surface area contributed by atoms with E-state index in [2.05, 4.69) is 40.1 Å². The highest BCUT2D eigenvalue weighted by Gasteiger charge is 2.22. The number of pyridine rings is 1. The highest BCUT2D eigenvalue weighted by atomic mass is 16.2. The summed E-state index contributed by atoms with van der Waals surface area (Å²) in [5.41, 5.74) is 4.16. The number of piperidine rings is 1. The maximum atomic E-state index is 11.9. The molecule has 3 aromatic rings. The zero-order chi connectivity index (χ0) is 17.9. The number of nitrogens with zero attached hydrogens (tertiary/aromatic N) is 2. The fourth-order valence-corrected chi connectivity index (χ4v) is 3.60. The van der Waals surface area contributed by atoms with Gasteiger partial charge in [0.15, 0.2) is 0 Å². The number of carbonyl (C=O) groups excluding carboxylic acids is 1. The average Bonchev–Trinajstić information content (AvgIpc) is 3.11. The summed E-state index contributed by atoms with van der Waals surface area (Å²) in [6.07, 6.45) is 7.27. The highest BCUT2D eigenvalue weighted by Crippen LogP contribution is 2.29. The minimum atomic E-state index is 0.00192. The van der Waals surface area contributed by atoms with Gasteiger partial charge in [0, 0.05) is 36.3 Å². The first-order valence-electron chi connectivity index (χ1n) is 8.95. The second-order valence-electron chi connectivity index (χ2n) is 6.66. The molecular formula is C21H22N4O. The molecule has 1 aliphatic rings. The Kier molecular flexibility index (Phi) is 4.44. The normalized spacial score (nSPS) is 17.2. The smallest absolute Gasteiger partial charge is 0.246 e. The predicted molar refractivity (Wildman–Crippen MR) is 105 cm³/mol. The molecule has 5 nitrogen and oxygen atoms in total. The molecule has 1 atom stereocenters. The number of amides is 1. The zero-order valence-electron chi connectivity index (χ0n) is 14.6.